The minimum Gasteiger partial charge on any atom is -0.497 e. The molecule has 64 heavy (non-hydrogen) atoms. The third kappa shape index (κ3) is 8.07. The van der Waals surface area contributed by atoms with Gasteiger partial charge in [-0.15, -0.1) is 0 Å². The van der Waals surface area contributed by atoms with Crippen LogP contribution in [0.4, 0.5) is 0 Å². The second-order valence-corrected chi connectivity index (χ2v) is 21.9. The maximum absolute atomic E-state index is 17.4. The summed E-state index contributed by atoms with van der Waals surface area (Å²) in [6, 6.07) is 23.2. The molecule has 11 heteroatoms. The highest BCUT2D eigenvalue weighted by Gasteiger charge is 2.42. The molecule has 0 unspecified atom stereocenters. The summed E-state index contributed by atoms with van der Waals surface area (Å²) in [6.07, 6.45) is 0.616. The van der Waals surface area contributed by atoms with E-state index in [1.54, 1.807) is 55.8 Å². The lowest BCUT2D eigenvalue weighted by molar-refractivity contribution is 0.395. The number of aryl methyl sites for hydroxylation is 9. The van der Waals surface area contributed by atoms with Gasteiger partial charge in [-0.2, -0.15) is 0 Å². The molecule has 9 nitrogen and oxygen atoms in total. The van der Waals surface area contributed by atoms with E-state index in [9.17, 15) is 0 Å². The molecule has 0 bridgehead atoms. The maximum atomic E-state index is 17.4. The summed E-state index contributed by atoms with van der Waals surface area (Å²) in [5.41, 5.74) is 8.48. The zero-order valence-electron chi connectivity index (χ0n) is 40.2. The van der Waals surface area contributed by atoms with Crippen LogP contribution in [-0.4, -0.2) is 49.8 Å². The number of ether oxygens (including phenoxy) is 7. The van der Waals surface area contributed by atoms with Gasteiger partial charge < -0.3 is 42.3 Å². The zero-order valence-corrected chi connectivity index (χ0v) is 42.0. The van der Waals surface area contributed by atoms with Crippen molar-refractivity contribution in [3.63, 3.8) is 0 Å². The lowest BCUT2D eigenvalue weighted by Crippen LogP contribution is -2.31. The highest BCUT2D eigenvalue weighted by molar-refractivity contribution is 7.86. The summed E-state index contributed by atoms with van der Waals surface area (Å²) in [5, 5.41) is 3.25. The van der Waals surface area contributed by atoms with Crippen LogP contribution in [0.1, 0.15) is 57.0 Å². The molecular weight excluding hydrogens is 843 g/mol. The monoisotopic (exact) mass is 904 g/mol. The van der Waals surface area contributed by atoms with Crippen LogP contribution in [-0.2, 0) is 15.6 Å². The van der Waals surface area contributed by atoms with Crippen molar-refractivity contribution in [1.29, 1.82) is 0 Å². The highest BCUT2D eigenvalue weighted by Crippen LogP contribution is 2.55. The Kier molecular flexibility index (Phi) is 14.1. The predicted octanol–water partition coefficient (Wildman–Crippen LogP) is 9.72. The zero-order chi connectivity index (χ0) is 47.0. The first kappa shape index (κ1) is 47.8. The van der Waals surface area contributed by atoms with Gasteiger partial charge in [-0.3, -0.25) is 0 Å². The van der Waals surface area contributed by atoms with E-state index in [1.807, 2.05) is 122 Å². The minimum atomic E-state index is -4.00. The van der Waals surface area contributed by atoms with E-state index in [4.69, 9.17) is 33.2 Å². The van der Waals surface area contributed by atoms with Crippen molar-refractivity contribution < 1.29 is 42.3 Å². The van der Waals surface area contributed by atoms with Gasteiger partial charge >= 0.3 is 0 Å². The molecule has 0 atom stereocenters. The summed E-state index contributed by atoms with van der Waals surface area (Å²) in [7, 11) is 3.39. The van der Waals surface area contributed by atoms with Crippen molar-refractivity contribution in [2.75, 3.05) is 49.8 Å². The summed E-state index contributed by atoms with van der Waals surface area (Å²) < 4.78 is 76.9. The first-order chi connectivity index (χ1) is 30.4. The lowest BCUT2D eigenvalue weighted by Gasteiger charge is -2.31. The van der Waals surface area contributed by atoms with Crippen LogP contribution in [0, 0.1) is 55.4 Å². The molecule has 0 aliphatic carbocycles. The van der Waals surface area contributed by atoms with Crippen LogP contribution in [0.25, 0.3) is 11.1 Å². The standard InChI is InChI=1S/C53H62O9P2/c1-17-38-26-44(57-11)48(46(27-38)63(54,40-18-30(2)50(59-13)31(3)19-40)41-20-32(4)51(60-14)33(5)21-41)49-45(58-12)28-39(56-10)29-47(49)64(55,42-22-34(6)52(61-15)35(7)23-42)43-24-36(8)53(62-16)37(9)25-43/h18-29H,17H2,1-16H3. The van der Waals surface area contributed by atoms with E-state index in [0.717, 1.165) is 50.1 Å². The Morgan fingerprint density at radius 1 is 0.359 bits per heavy atom. The molecule has 0 aliphatic rings. The van der Waals surface area contributed by atoms with Crippen molar-refractivity contribution in [3.05, 3.63) is 123 Å². The van der Waals surface area contributed by atoms with Gasteiger partial charge in [-0.05, 0) is 179 Å². The molecule has 0 saturated carbocycles. The molecule has 0 aliphatic heterocycles. The molecule has 338 valence electrons. The van der Waals surface area contributed by atoms with Gasteiger partial charge in [0.05, 0.1) is 49.8 Å². The Labute approximate surface area is 379 Å². The average molecular weight is 905 g/mol. The molecule has 6 aromatic rings. The second kappa shape index (κ2) is 18.8. The molecule has 0 N–H and O–H groups in total. The number of rotatable bonds is 15. The smallest absolute Gasteiger partial charge is 0.171 e. The van der Waals surface area contributed by atoms with Crippen molar-refractivity contribution >= 4 is 46.1 Å². The van der Waals surface area contributed by atoms with E-state index < -0.39 is 14.3 Å². The fourth-order valence-corrected chi connectivity index (χ4v) is 15.9. The van der Waals surface area contributed by atoms with Crippen molar-refractivity contribution in [2.45, 2.75) is 68.7 Å². The molecule has 0 heterocycles. The molecule has 6 aromatic carbocycles. The predicted molar refractivity (Wildman–Crippen MR) is 264 cm³/mol. The summed E-state index contributed by atoms with van der Waals surface area (Å²) in [5.74, 6) is 4.07. The third-order valence-electron chi connectivity index (χ3n) is 12.3. The normalized spacial score (nSPS) is 11.6. The summed E-state index contributed by atoms with van der Waals surface area (Å²) in [4.78, 5) is 0. The van der Waals surface area contributed by atoms with Gasteiger partial charge in [0.1, 0.15) is 40.2 Å². The van der Waals surface area contributed by atoms with E-state index in [1.165, 1.54) is 0 Å². The van der Waals surface area contributed by atoms with Crippen LogP contribution >= 0.6 is 14.3 Å². The summed E-state index contributed by atoms with van der Waals surface area (Å²) in [6.45, 7) is 17.7. The second-order valence-electron chi connectivity index (χ2n) is 16.4. The first-order valence-electron chi connectivity index (χ1n) is 21.2. The van der Waals surface area contributed by atoms with Crippen LogP contribution in [0.2, 0.25) is 0 Å². The Morgan fingerprint density at radius 3 is 0.891 bits per heavy atom. The Morgan fingerprint density at radius 2 is 0.641 bits per heavy atom. The maximum Gasteiger partial charge on any atom is 0.171 e. The quantitative estimate of drug-likeness (QED) is 0.0934. The Balaban J connectivity index is 1.93. The molecule has 0 saturated heterocycles. The molecule has 0 amide bonds. The summed E-state index contributed by atoms with van der Waals surface area (Å²) >= 11 is 0. The van der Waals surface area contributed by atoms with E-state index in [0.29, 0.717) is 89.6 Å². The number of methoxy groups -OCH3 is 7. The largest absolute Gasteiger partial charge is 0.497 e. The third-order valence-corrected chi connectivity index (χ3v) is 18.3. The highest BCUT2D eigenvalue weighted by atomic mass is 31.2. The van der Waals surface area contributed by atoms with Crippen LogP contribution in [0.3, 0.4) is 0 Å². The van der Waals surface area contributed by atoms with E-state index in [-0.39, 0.29) is 0 Å². The van der Waals surface area contributed by atoms with Gasteiger partial charge in [0.15, 0.2) is 14.3 Å². The molecule has 0 aromatic heterocycles. The van der Waals surface area contributed by atoms with Crippen molar-refractivity contribution in [2.24, 2.45) is 0 Å². The fourth-order valence-electron chi connectivity index (χ4n) is 9.45. The Hall–Kier alpha value is -5.62. The van der Waals surface area contributed by atoms with Crippen molar-refractivity contribution in [3.8, 4) is 51.4 Å². The first-order valence-corrected chi connectivity index (χ1v) is 24.6. The van der Waals surface area contributed by atoms with Crippen molar-refractivity contribution in [1.82, 2.24) is 0 Å². The van der Waals surface area contributed by atoms with Crippen LogP contribution in [0.5, 0.6) is 40.2 Å². The van der Waals surface area contributed by atoms with Gasteiger partial charge in [0.25, 0.3) is 0 Å². The SMILES string of the molecule is CCc1cc(OC)c(-c2c(OC)cc(OC)cc2P(=O)(c2cc(C)c(OC)c(C)c2)c2cc(C)c(OC)c(C)c2)c(P(=O)(c2cc(C)c(OC)c(C)c2)c2cc(C)c(OC)c(C)c2)c1. The lowest BCUT2D eigenvalue weighted by atomic mass is 10.00. The van der Waals surface area contributed by atoms with Gasteiger partial charge in [-0.1, -0.05) is 6.92 Å². The molecule has 0 fully saturated rings. The molecule has 0 radical (unpaired) electrons. The molecular formula is C53H62O9P2. The van der Waals surface area contributed by atoms with Gasteiger partial charge in [0.2, 0.25) is 0 Å². The number of hydrogen-bond donors (Lipinski definition) is 0. The Bertz CT molecular complexity index is 2460. The molecule has 6 rings (SSSR count). The van der Waals surface area contributed by atoms with Gasteiger partial charge in [-0.25, -0.2) is 0 Å². The molecule has 0 spiro atoms. The fraction of sp³-hybridized carbons (Fsp3) is 0.321. The number of hydrogen-bond acceptors (Lipinski definition) is 9. The van der Waals surface area contributed by atoms with E-state index >= 15 is 9.13 Å². The van der Waals surface area contributed by atoms with Crippen LogP contribution in [0.15, 0.2) is 72.8 Å². The van der Waals surface area contributed by atoms with E-state index in [2.05, 4.69) is 6.92 Å². The average Bonchev–Trinajstić information content (AvgIpc) is 3.26. The minimum absolute atomic E-state index is 0.359. The van der Waals surface area contributed by atoms with Crippen LogP contribution < -0.4 is 65.0 Å². The number of benzene rings is 6. The van der Waals surface area contributed by atoms with Gasteiger partial charge in [0, 0.05) is 49.0 Å². The topological polar surface area (TPSA) is 98.8 Å².